The Labute approximate surface area is 389 Å². The van der Waals surface area contributed by atoms with Crippen LogP contribution in [0.4, 0.5) is 15.8 Å². The van der Waals surface area contributed by atoms with Crippen LogP contribution in [0.25, 0.3) is 66.1 Å². The number of hydrogen-bond acceptors (Lipinski definition) is 10. The number of nitrogens with zero attached hydrogens (tertiary/aromatic N) is 6. The predicted octanol–water partition coefficient (Wildman–Crippen LogP) is 8.69. The van der Waals surface area contributed by atoms with E-state index in [-0.39, 0.29) is 28.6 Å². The number of non-ortho nitro benzene ring substituents is 2. The minimum atomic E-state index is -0.602. The number of halogens is 1. The van der Waals surface area contributed by atoms with Gasteiger partial charge in [-0.2, -0.15) is 15.8 Å². The Hall–Kier alpha value is -10.5. The highest BCUT2D eigenvalue weighted by Crippen LogP contribution is 2.35. The van der Waals surface area contributed by atoms with Crippen molar-refractivity contribution in [1.82, 2.24) is 14.5 Å². The number of benzene rings is 6. The van der Waals surface area contributed by atoms with E-state index in [9.17, 15) is 49.5 Å². The Morgan fingerprint density at radius 2 is 0.971 bits per heavy atom. The molecule has 0 aliphatic carbocycles. The van der Waals surface area contributed by atoms with Gasteiger partial charge < -0.3 is 31.7 Å². The number of nitriles is 3. The Morgan fingerprint density at radius 1 is 0.565 bits per heavy atom. The molecule has 0 saturated heterocycles. The molecule has 0 fully saturated rings. The first kappa shape index (κ1) is 46.5. The maximum absolute atomic E-state index is 13.5. The summed E-state index contributed by atoms with van der Waals surface area (Å²) in [4.78, 5) is 60.8. The second-order valence-electron chi connectivity index (χ2n) is 15.4. The number of nitrogens with one attached hydrogen (secondary N) is 2. The van der Waals surface area contributed by atoms with Gasteiger partial charge in [-0.25, -0.2) is 4.39 Å². The van der Waals surface area contributed by atoms with Crippen molar-refractivity contribution in [3.63, 3.8) is 0 Å². The van der Waals surface area contributed by atoms with Gasteiger partial charge in [0.15, 0.2) is 0 Å². The number of amides is 3. The molecule has 3 aromatic heterocycles. The molecule has 0 aliphatic rings. The van der Waals surface area contributed by atoms with E-state index < -0.39 is 27.6 Å². The number of primary amides is 3. The van der Waals surface area contributed by atoms with Crippen molar-refractivity contribution in [1.29, 1.82) is 15.8 Å². The summed E-state index contributed by atoms with van der Waals surface area (Å²) in [6.07, 6.45) is 0. The maximum atomic E-state index is 13.5. The topological polar surface area (TPSA) is 323 Å². The molecular formula is C50H34FN11O7. The zero-order valence-electron chi connectivity index (χ0n) is 36.2. The van der Waals surface area contributed by atoms with Crippen molar-refractivity contribution in [3.05, 3.63) is 187 Å². The molecule has 19 heteroatoms. The van der Waals surface area contributed by atoms with Crippen molar-refractivity contribution in [2.45, 2.75) is 6.92 Å². The smallest absolute Gasteiger partial charge is 0.269 e. The molecule has 3 heterocycles. The van der Waals surface area contributed by atoms with Gasteiger partial charge in [-0.05, 0) is 120 Å². The van der Waals surface area contributed by atoms with Crippen molar-refractivity contribution < 1.29 is 28.6 Å². The number of nitro benzene ring substituents is 2. The monoisotopic (exact) mass is 919 g/mol. The molecule has 0 atom stereocenters. The van der Waals surface area contributed by atoms with Crippen LogP contribution in [-0.2, 0) is 7.05 Å². The molecule has 0 spiro atoms. The lowest BCUT2D eigenvalue weighted by Gasteiger charge is -2.08. The molecule has 8 N–H and O–H groups in total. The lowest BCUT2D eigenvalue weighted by Crippen LogP contribution is -2.14. The minimum absolute atomic E-state index is 0.0175. The van der Waals surface area contributed by atoms with Crippen LogP contribution in [-0.4, -0.2) is 42.1 Å². The lowest BCUT2D eigenvalue weighted by molar-refractivity contribution is -0.385. The van der Waals surface area contributed by atoms with Crippen LogP contribution in [0.2, 0.25) is 0 Å². The summed E-state index contributed by atoms with van der Waals surface area (Å²) >= 11 is 0. The zero-order valence-corrected chi connectivity index (χ0v) is 36.2. The lowest BCUT2D eigenvalue weighted by atomic mass is 9.99. The summed E-state index contributed by atoms with van der Waals surface area (Å²) in [7, 11) is 1.71. The largest absolute Gasteiger partial charge is 0.364 e. The summed E-state index contributed by atoms with van der Waals surface area (Å²) in [5.41, 5.74) is 24.9. The fraction of sp³-hybridized carbons (Fsp3) is 0.0400. The number of carbonyl (C=O) groups excluding carboxylic acids is 3. The van der Waals surface area contributed by atoms with Gasteiger partial charge in [0.05, 0.1) is 61.3 Å². The standard InChI is InChI=1S/C17H12FN3O.C17H12N4O3.C16H10N4O3/c1-9-4-11(2-3-14(9)18)13-6-10(8-19)5-12-7-15(17(20)22)21-16(12)13;1-20-15(17(19)22)8-12-6-10(9-18)7-14(16(12)20)11-2-4-13(5-3-11)21(23)24;17-8-9-5-11-7-14(16(18)21)19-15(11)13(6-9)10-1-3-12(4-2-10)20(22)23/h2-7,21H,1H3,(H2,20,22);2-8H,1H3,(H2,19,22);1-7,19H,(H2,18,21). The third-order valence-electron chi connectivity index (χ3n) is 11.0. The number of hydrogen-bond donors (Lipinski definition) is 5. The van der Waals surface area contributed by atoms with E-state index >= 15 is 0 Å². The molecule has 0 unspecified atom stereocenters. The number of rotatable bonds is 8. The second kappa shape index (κ2) is 18.9. The normalized spacial score (nSPS) is 10.5. The average molecular weight is 920 g/mol. The van der Waals surface area contributed by atoms with Crippen LogP contribution in [0.5, 0.6) is 0 Å². The fourth-order valence-corrected chi connectivity index (χ4v) is 7.70. The highest BCUT2D eigenvalue weighted by atomic mass is 19.1. The molecule has 0 bridgehead atoms. The zero-order chi connectivity index (χ0) is 49.8. The molecule has 0 aliphatic heterocycles. The van der Waals surface area contributed by atoms with Gasteiger partial charge in [0.25, 0.3) is 29.1 Å². The number of fused-ring (bicyclic) bond motifs is 3. The van der Waals surface area contributed by atoms with E-state index in [1.54, 1.807) is 110 Å². The number of aromatic amines is 2. The van der Waals surface area contributed by atoms with Gasteiger partial charge in [-0.1, -0.05) is 6.07 Å². The van der Waals surface area contributed by atoms with E-state index in [1.165, 1.54) is 30.3 Å². The molecule has 0 radical (unpaired) electrons. The van der Waals surface area contributed by atoms with E-state index in [0.29, 0.717) is 77.4 Å². The average Bonchev–Trinajstić information content (AvgIpc) is 4.08. The summed E-state index contributed by atoms with van der Waals surface area (Å²) in [5, 5.41) is 51.2. The quantitative estimate of drug-likeness (QED) is 0.0712. The Bertz CT molecular complexity index is 3740. The van der Waals surface area contributed by atoms with Gasteiger partial charge in [-0.3, -0.25) is 34.6 Å². The third-order valence-corrected chi connectivity index (χ3v) is 11.0. The number of nitrogens with two attached hydrogens (primary N) is 3. The summed E-state index contributed by atoms with van der Waals surface area (Å²) in [6.45, 7) is 1.67. The van der Waals surface area contributed by atoms with Crippen molar-refractivity contribution >= 4 is 61.8 Å². The number of H-pyrrole nitrogens is 2. The highest BCUT2D eigenvalue weighted by molar-refractivity contribution is 6.05. The SMILES string of the molecule is Cc1cc(-c2cc(C#N)cc3cc(C(N)=O)[nH]c23)ccc1F.Cn1c(C(N)=O)cc2cc(C#N)cc(-c3ccc([N+](=O)[O-])cc3)c21.N#Cc1cc(-c2ccc([N+](=O)[O-])cc2)c2[nH]c(C(N)=O)cc2c1. The Balaban J connectivity index is 0.000000153. The number of aryl methyl sites for hydroxylation is 2. The molecule has 9 rings (SSSR count). The minimum Gasteiger partial charge on any atom is -0.364 e. The summed E-state index contributed by atoms with van der Waals surface area (Å²) < 4.78 is 15.1. The van der Waals surface area contributed by atoms with Crippen LogP contribution >= 0.6 is 0 Å². The molecule has 338 valence electrons. The first-order valence-corrected chi connectivity index (χ1v) is 20.2. The van der Waals surface area contributed by atoms with Crippen molar-refractivity contribution in [2.75, 3.05) is 0 Å². The molecule has 18 nitrogen and oxygen atoms in total. The Morgan fingerprint density at radius 3 is 1.38 bits per heavy atom. The first-order chi connectivity index (χ1) is 32.9. The molecular weight excluding hydrogens is 886 g/mol. The summed E-state index contributed by atoms with van der Waals surface area (Å²) in [6, 6.07) is 37.8. The van der Waals surface area contributed by atoms with Gasteiger partial charge in [0.2, 0.25) is 0 Å². The molecule has 9 aromatic rings. The van der Waals surface area contributed by atoms with Crippen LogP contribution in [0, 0.1) is 67.0 Å². The van der Waals surface area contributed by atoms with E-state index in [1.807, 2.05) is 0 Å². The third kappa shape index (κ3) is 9.52. The predicted molar refractivity (Wildman–Crippen MR) is 254 cm³/mol. The van der Waals surface area contributed by atoms with Gasteiger partial charge in [0.1, 0.15) is 22.9 Å². The highest BCUT2D eigenvalue weighted by Gasteiger charge is 2.18. The Kier molecular flexibility index (Phi) is 12.8. The maximum Gasteiger partial charge on any atom is 0.269 e. The number of carbonyl (C=O) groups is 3. The van der Waals surface area contributed by atoms with Gasteiger partial charge in [0, 0.05) is 64.2 Å². The number of nitro groups is 2. The first-order valence-electron chi connectivity index (χ1n) is 20.2. The number of aromatic nitrogens is 3. The fourth-order valence-electron chi connectivity index (χ4n) is 7.70. The molecule has 3 amide bonds. The molecule has 0 saturated carbocycles. The van der Waals surface area contributed by atoms with Crippen LogP contribution in [0.3, 0.4) is 0 Å². The van der Waals surface area contributed by atoms with Gasteiger partial charge >= 0.3 is 0 Å². The van der Waals surface area contributed by atoms with Crippen molar-refractivity contribution in [2.24, 2.45) is 24.2 Å². The van der Waals surface area contributed by atoms with Crippen LogP contribution in [0.1, 0.15) is 53.7 Å². The molecule has 6 aromatic carbocycles. The van der Waals surface area contributed by atoms with E-state index in [4.69, 9.17) is 22.5 Å². The van der Waals surface area contributed by atoms with E-state index in [2.05, 4.69) is 28.2 Å². The second-order valence-corrected chi connectivity index (χ2v) is 15.4. The van der Waals surface area contributed by atoms with Gasteiger partial charge in [-0.15, -0.1) is 0 Å². The van der Waals surface area contributed by atoms with E-state index in [0.717, 1.165) is 16.6 Å². The molecule has 69 heavy (non-hydrogen) atoms. The van der Waals surface area contributed by atoms with Crippen LogP contribution < -0.4 is 17.2 Å². The van der Waals surface area contributed by atoms with Crippen molar-refractivity contribution in [3.8, 4) is 51.6 Å². The summed E-state index contributed by atoms with van der Waals surface area (Å²) in [5.74, 6) is -2.03. The van der Waals surface area contributed by atoms with Crippen LogP contribution in [0.15, 0.2) is 121 Å².